The summed E-state index contributed by atoms with van der Waals surface area (Å²) in [5.74, 6) is 0. The van der Waals surface area contributed by atoms with Crippen LogP contribution in [0.4, 0.5) is 13.2 Å². The molecule has 0 spiro atoms. The number of nitrogens with zero attached hydrogens (tertiary/aromatic N) is 1. The van der Waals surface area contributed by atoms with Crippen LogP contribution in [0.25, 0.3) is 0 Å². The number of rotatable bonds is 4. The lowest BCUT2D eigenvalue weighted by Gasteiger charge is -2.35. The smallest absolute Gasteiger partial charge is 0.314 e. The first-order valence-electron chi connectivity index (χ1n) is 7.24. The van der Waals surface area contributed by atoms with Gasteiger partial charge in [0, 0.05) is 37.2 Å². The Hall–Kier alpha value is -0.200. The molecular weight excluding hydrogens is 372 g/mol. The highest BCUT2D eigenvalue weighted by Gasteiger charge is 2.32. The van der Waals surface area contributed by atoms with Crippen molar-refractivity contribution in [3.8, 4) is 0 Å². The second-order valence-corrected chi connectivity index (χ2v) is 5.80. The number of benzene rings is 1. The fourth-order valence-electron chi connectivity index (χ4n) is 2.80. The molecule has 0 amide bonds. The van der Waals surface area contributed by atoms with Gasteiger partial charge in [-0.2, -0.15) is 13.2 Å². The highest BCUT2D eigenvalue weighted by Crippen LogP contribution is 2.35. The summed E-state index contributed by atoms with van der Waals surface area (Å²) in [7, 11) is 0. The van der Waals surface area contributed by atoms with E-state index in [-0.39, 0.29) is 35.9 Å². The average molecular weight is 394 g/mol. The molecule has 1 aromatic carbocycles. The van der Waals surface area contributed by atoms with Crippen molar-refractivity contribution in [2.45, 2.75) is 32.0 Å². The van der Waals surface area contributed by atoms with Crippen molar-refractivity contribution in [3.05, 3.63) is 34.3 Å². The summed E-state index contributed by atoms with van der Waals surface area (Å²) in [6.07, 6.45) is -2.61. The van der Waals surface area contributed by atoms with Gasteiger partial charge in [-0.05, 0) is 30.2 Å². The normalized spacial score (nSPS) is 17.1. The standard InChI is InChI=1S/C15H20ClF3N2.2ClH/c1-2-3-14(21-6-4-20-5-7-21)11-8-12(15(17,18)19)10-13(16)9-11;;/h8-10,14,20H,2-7H2,1H3;2*1H/t14-;;/m1../s1. The molecule has 1 aromatic rings. The molecule has 2 nitrogen and oxygen atoms in total. The van der Waals surface area contributed by atoms with Crippen LogP contribution in [0.15, 0.2) is 18.2 Å². The minimum atomic E-state index is -4.36. The van der Waals surface area contributed by atoms with E-state index >= 15 is 0 Å². The van der Waals surface area contributed by atoms with Gasteiger partial charge >= 0.3 is 6.18 Å². The lowest BCUT2D eigenvalue weighted by Crippen LogP contribution is -2.45. The quantitative estimate of drug-likeness (QED) is 0.778. The summed E-state index contributed by atoms with van der Waals surface area (Å²) in [5, 5.41) is 3.41. The predicted octanol–water partition coefficient (Wildman–Crippen LogP) is 4.95. The maximum absolute atomic E-state index is 13.0. The van der Waals surface area contributed by atoms with Gasteiger partial charge in [0.1, 0.15) is 0 Å². The van der Waals surface area contributed by atoms with Crippen molar-refractivity contribution in [2.24, 2.45) is 0 Å². The average Bonchev–Trinajstić information content (AvgIpc) is 2.44. The van der Waals surface area contributed by atoms with Crippen molar-refractivity contribution >= 4 is 36.4 Å². The zero-order chi connectivity index (χ0) is 15.5. The van der Waals surface area contributed by atoms with Gasteiger partial charge in [0.25, 0.3) is 0 Å². The number of halogens is 6. The molecule has 0 bridgehead atoms. The SMILES string of the molecule is CCC[C@H](c1cc(Cl)cc(C(F)(F)F)c1)N1CCNCC1.Cl.Cl. The highest BCUT2D eigenvalue weighted by molar-refractivity contribution is 6.30. The first-order valence-corrected chi connectivity index (χ1v) is 7.62. The summed E-state index contributed by atoms with van der Waals surface area (Å²) in [6.45, 7) is 5.47. The minimum absolute atomic E-state index is 0. The zero-order valence-corrected chi connectivity index (χ0v) is 15.2. The van der Waals surface area contributed by atoms with Crippen LogP contribution in [0, 0.1) is 0 Å². The molecule has 0 radical (unpaired) electrons. The van der Waals surface area contributed by atoms with Crippen molar-refractivity contribution in [1.82, 2.24) is 10.2 Å². The summed E-state index contributed by atoms with van der Waals surface area (Å²) in [6, 6.07) is 3.90. The Balaban J connectivity index is 0.00000242. The van der Waals surface area contributed by atoms with E-state index < -0.39 is 11.7 Å². The third kappa shape index (κ3) is 6.31. The lowest BCUT2D eigenvalue weighted by molar-refractivity contribution is -0.137. The number of piperazine rings is 1. The Bertz CT molecular complexity index is 478. The van der Waals surface area contributed by atoms with E-state index in [1.54, 1.807) is 6.07 Å². The molecule has 2 rings (SSSR count). The molecule has 0 aliphatic carbocycles. The largest absolute Gasteiger partial charge is 0.416 e. The van der Waals surface area contributed by atoms with E-state index in [2.05, 4.69) is 10.2 Å². The lowest BCUT2D eigenvalue weighted by atomic mass is 9.97. The molecule has 1 atom stereocenters. The topological polar surface area (TPSA) is 15.3 Å². The molecule has 134 valence electrons. The zero-order valence-electron chi connectivity index (χ0n) is 12.8. The molecule has 8 heteroatoms. The van der Waals surface area contributed by atoms with Crippen molar-refractivity contribution < 1.29 is 13.2 Å². The monoisotopic (exact) mass is 392 g/mol. The first kappa shape index (κ1) is 22.8. The summed E-state index contributed by atoms with van der Waals surface area (Å²) >= 11 is 5.91. The summed E-state index contributed by atoms with van der Waals surface area (Å²) in [4.78, 5) is 2.24. The van der Waals surface area contributed by atoms with E-state index in [9.17, 15) is 13.2 Å². The van der Waals surface area contributed by atoms with Crippen LogP contribution >= 0.6 is 36.4 Å². The Labute approximate surface area is 152 Å². The van der Waals surface area contributed by atoms with Gasteiger partial charge in [0.05, 0.1) is 5.56 Å². The molecular formula is C15H22Cl3F3N2. The van der Waals surface area contributed by atoms with Crippen LogP contribution in [0.1, 0.15) is 36.9 Å². The second kappa shape index (κ2) is 9.94. The Morgan fingerprint density at radius 3 is 2.30 bits per heavy atom. The molecule has 1 aliphatic heterocycles. The van der Waals surface area contributed by atoms with E-state index in [1.807, 2.05) is 6.92 Å². The molecule has 1 fully saturated rings. The number of hydrogen-bond acceptors (Lipinski definition) is 2. The molecule has 1 saturated heterocycles. The van der Waals surface area contributed by atoms with Crippen LogP contribution in [-0.2, 0) is 6.18 Å². The maximum Gasteiger partial charge on any atom is 0.416 e. The van der Waals surface area contributed by atoms with Crippen LogP contribution in [0.5, 0.6) is 0 Å². The Morgan fingerprint density at radius 2 is 1.78 bits per heavy atom. The van der Waals surface area contributed by atoms with E-state index in [1.165, 1.54) is 6.07 Å². The van der Waals surface area contributed by atoms with Gasteiger partial charge in [-0.25, -0.2) is 0 Å². The minimum Gasteiger partial charge on any atom is -0.314 e. The number of hydrogen-bond donors (Lipinski definition) is 1. The molecule has 1 N–H and O–H groups in total. The summed E-state index contributed by atoms with van der Waals surface area (Å²) in [5.41, 5.74) is -0.000174. The van der Waals surface area contributed by atoms with E-state index in [0.717, 1.165) is 45.1 Å². The molecule has 1 heterocycles. The van der Waals surface area contributed by atoms with E-state index in [4.69, 9.17) is 11.6 Å². The molecule has 0 unspecified atom stereocenters. The number of nitrogens with one attached hydrogen (secondary N) is 1. The molecule has 0 aromatic heterocycles. The predicted molar refractivity (Wildman–Crippen MR) is 93.0 cm³/mol. The van der Waals surface area contributed by atoms with Crippen molar-refractivity contribution in [1.29, 1.82) is 0 Å². The van der Waals surface area contributed by atoms with Gasteiger partial charge in [-0.3, -0.25) is 4.90 Å². The highest BCUT2D eigenvalue weighted by atomic mass is 35.5. The van der Waals surface area contributed by atoms with Crippen LogP contribution in [-0.4, -0.2) is 31.1 Å². The Kier molecular flexibility index (Phi) is 9.86. The van der Waals surface area contributed by atoms with Crippen LogP contribution in [0.3, 0.4) is 0 Å². The van der Waals surface area contributed by atoms with E-state index in [0.29, 0.717) is 5.56 Å². The second-order valence-electron chi connectivity index (χ2n) is 5.36. The van der Waals surface area contributed by atoms with Gasteiger partial charge in [-0.1, -0.05) is 24.9 Å². The molecule has 1 aliphatic rings. The van der Waals surface area contributed by atoms with Gasteiger partial charge in [-0.15, -0.1) is 24.8 Å². The van der Waals surface area contributed by atoms with Crippen molar-refractivity contribution in [3.63, 3.8) is 0 Å². The Morgan fingerprint density at radius 1 is 1.17 bits per heavy atom. The first-order chi connectivity index (χ1) is 9.91. The summed E-state index contributed by atoms with van der Waals surface area (Å²) < 4.78 is 38.9. The van der Waals surface area contributed by atoms with Gasteiger partial charge in [0.2, 0.25) is 0 Å². The fraction of sp³-hybridized carbons (Fsp3) is 0.600. The number of alkyl halides is 3. The van der Waals surface area contributed by atoms with Gasteiger partial charge < -0.3 is 5.32 Å². The van der Waals surface area contributed by atoms with Crippen LogP contribution < -0.4 is 5.32 Å². The molecule has 23 heavy (non-hydrogen) atoms. The third-order valence-corrected chi connectivity index (χ3v) is 4.00. The third-order valence-electron chi connectivity index (χ3n) is 3.79. The fourth-order valence-corrected chi connectivity index (χ4v) is 3.04. The van der Waals surface area contributed by atoms with Crippen molar-refractivity contribution in [2.75, 3.05) is 26.2 Å². The van der Waals surface area contributed by atoms with Crippen LogP contribution in [0.2, 0.25) is 5.02 Å². The maximum atomic E-state index is 13.0. The van der Waals surface area contributed by atoms with Gasteiger partial charge in [0.15, 0.2) is 0 Å². The molecule has 0 saturated carbocycles.